The molecular weight excluding hydrogens is 200 g/mol. The summed E-state index contributed by atoms with van der Waals surface area (Å²) in [4.78, 5) is 0. The van der Waals surface area contributed by atoms with Crippen LogP contribution >= 0.6 is 49.6 Å². The average molecular weight is 214 g/mol. The van der Waals surface area contributed by atoms with Gasteiger partial charge in [-0.2, -0.15) is 37.9 Å². The Morgan fingerprint density at radius 3 is 1.80 bits per heavy atom. The van der Waals surface area contributed by atoms with E-state index < -0.39 is 0 Å². The molecule has 0 aromatic heterocycles. The molecule has 0 rings (SSSR count). The van der Waals surface area contributed by atoms with Gasteiger partial charge in [-0.15, -0.1) is 11.8 Å². The lowest BCUT2D eigenvalue weighted by molar-refractivity contribution is 0.762. The largest absolute Gasteiger partial charge is 0.179 e. The van der Waals surface area contributed by atoms with Crippen LogP contribution in [-0.2, 0) is 0 Å². The molecule has 10 heavy (non-hydrogen) atoms. The molecular formula is C6H14S4. The highest BCUT2D eigenvalue weighted by Crippen LogP contribution is 2.35. The second-order valence-corrected chi connectivity index (χ2v) is 5.34. The summed E-state index contributed by atoms with van der Waals surface area (Å²) in [6.07, 6.45) is 4.17. The highest BCUT2D eigenvalue weighted by Gasteiger charge is 2.21. The minimum Gasteiger partial charge on any atom is -0.179 e. The van der Waals surface area contributed by atoms with Gasteiger partial charge in [0.05, 0.1) is 4.08 Å². The van der Waals surface area contributed by atoms with Gasteiger partial charge in [0.15, 0.2) is 0 Å². The summed E-state index contributed by atoms with van der Waals surface area (Å²) in [6.45, 7) is 0. The second-order valence-electron chi connectivity index (χ2n) is 2.10. The minimum atomic E-state index is 0.101. The minimum absolute atomic E-state index is 0.101. The Morgan fingerprint density at radius 1 is 1.20 bits per heavy atom. The second kappa shape index (κ2) is 5.98. The maximum absolute atomic E-state index is 4.54. The molecule has 62 valence electrons. The van der Waals surface area contributed by atoms with Crippen LogP contribution in [0.4, 0.5) is 0 Å². The molecule has 0 heterocycles. The van der Waals surface area contributed by atoms with Crippen molar-refractivity contribution in [2.75, 3.05) is 17.8 Å². The Kier molecular flexibility index (Phi) is 6.81. The van der Waals surface area contributed by atoms with Crippen molar-refractivity contribution >= 4 is 49.6 Å². The monoisotopic (exact) mass is 214 g/mol. The summed E-state index contributed by atoms with van der Waals surface area (Å²) >= 11 is 14.7. The number of rotatable bonds is 5. The van der Waals surface area contributed by atoms with E-state index in [1.54, 1.807) is 11.8 Å². The number of thiol groups is 3. The topological polar surface area (TPSA) is 0 Å². The summed E-state index contributed by atoms with van der Waals surface area (Å²) in [5.74, 6) is 1.80. The fourth-order valence-corrected chi connectivity index (χ4v) is 2.93. The number of hydrogen-bond acceptors (Lipinski definition) is 4. The SMILES string of the molecule is CSC(S)(CCS)CCS. The molecule has 0 aromatic carbocycles. The van der Waals surface area contributed by atoms with Crippen LogP contribution in [0.25, 0.3) is 0 Å². The van der Waals surface area contributed by atoms with E-state index in [9.17, 15) is 0 Å². The van der Waals surface area contributed by atoms with E-state index in [-0.39, 0.29) is 4.08 Å². The zero-order valence-corrected chi connectivity index (χ0v) is 9.58. The smallest absolute Gasteiger partial charge is 0.0594 e. The average Bonchev–Trinajstić information content (AvgIpc) is 1.89. The maximum atomic E-state index is 4.54. The zero-order chi connectivity index (χ0) is 8.04. The van der Waals surface area contributed by atoms with Crippen molar-refractivity contribution in [3.63, 3.8) is 0 Å². The van der Waals surface area contributed by atoms with E-state index in [0.717, 1.165) is 24.3 Å². The lowest BCUT2D eigenvalue weighted by Crippen LogP contribution is -2.17. The molecule has 0 aliphatic carbocycles. The summed E-state index contributed by atoms with van der Waals surface area (Å²) < 4.78 is 0.101. The van der Waals surface area contributed by atoms with Crippen LogP contribution in [0.1, 0.15) is 12.8 Å². The van der Waals surface area contributed by atoms with Gasteiger partial charge in [-0.1, -0.05) is 0 Å². The van der Waals surface area contributed by atoms with Crippen molar-refractivity contribution in [1.82, 2.24) is 0 Å². The van der Waals surface area contributed by atoms with Gasteiger partial charge in [0.2, 0.25) is 0 Å². The van der Waals surface area contributed by atoms with Gasteiger partial charge in [0.25, 0.3) is 0 Å². The van der Waals surface area contributed by atoms with Crippen molar-refractivity contribution in [3.8, 4) is 0 Å². The Morgan fingerprint density at radius 2 is 1.60 bits per heavy atom. The summed E-state index contributed by atoms with van der Waals surface area (Å²) in [6, 6.07) is 0. The molecule has 0 nitrogen and oxygen atoms in total. The summed E-state index contributed by atoms with van der Waals surface area (Å²) in [7, 11) is 0. The van der Waals surface area contributed by atoms with E-state index in [2.05, 4.69) is 44.1 Å². The van der Waals surface area contributed by atoms with Gasteiger partial charge in [-0.05, 0) is 30.6 Å². The first kappa shape index (κ1) is 11.4. The summed E-state index contributed by atoms with van der Waals surface area (Å²) in [5.41, 5.74) is 0. The first-order valence-electron chi connectivity index (χ1n) is 3.18. The Balaban J connectivity index is 3.69. The molecule has 0 bridgehead atoms. The van der Waals surface area contributed by atoms with E-state index in [1.165, 1.54) is 0 Å². The van der Waals surface area contributed by atoms with Gasteiger partial charge in [-0.3, -0.25) is 0 Å². The van der Waals surface area contributed by atoms with E-state index >= 15 is 0 Å². The van der Waals surface area contributed by atoms with Crippen molar-refractivity contribution in [2.45, 2.75) is 16.9 Å². The predicted molar refractivity (Wildman–Crippen MR) is 62.2 cm³/mol. The highest BCUT2D eigenvalue weighted by molar-refractivity contribution is 8.11. The Labute approximate surface area is 84.2 Å². The third-order valence-electron chi connectivity index (χ3n) is 1.38. The van der Waals surface area contributed by atoms with Crippen LogP contribution in [0.15, 0.2) is 0 Å². The normalized spacial score (nSPS) is 12.0. The van der Waals surface area contributed by atoms with Crippen molar-refractivity contribution < 1.29 is 0 Å². The van der Waals surface area contributed by atoms with Gasteiger partial charge in [0.1, 0.15) is 0 Å². The molecule has 0 spiro atoms. The quantitative estimate of drug-likeness (QED) is 0.467. The zero-order valence-electron chi connectivity index (χ0n) is 6.08. The lowest BCUT2D eigenvalue weighted by Gasteiger charge is -2.24. The standard InChI is InChI=1S/C6H14S4/c1-10-6(9,2-4-7)3-5-8/h7-9H,2-5H2,1H3. The number of hydrogen-bond donors (Lipinski definition) is 3. The molecule has 0 saturated carbocycles. The molecule has 0 fully saturated rings. The maximum Gasteiger partial charge on any atom is 0.0594 e. The van der Waals surface area contributed by atoms with Crippen LogP contribution in [0.5, 0.6) is 0 Å². The van der Waals surface area contributed by atoms with Crippen LogP contribution in [-0.4, -0.2) is 21.8 Å². The molecule has 0 atom stereocenters. The van der Waals surface area contributed by atoms with Crippen molar-refractivity contribution in [1.29, 1.82) is 0 Å². The lowest BCUT2D eigenvalue weighted by atomic mass is 10.2. The molecule has 0 saturated heterocycles. The molecule has 0 aromatic rings. The molecule has 0 unspecified atom stereocenters. The van der Waals surface area contributed by atoms with E-state index in [0.29, 0.717) is 0 Å². The molecule has 0 aliphatic rings. The van der Waals surface area contributed by atoms with Gasteiger partial charge in [-0.25, -0.2) is 0 Å². The van der Waals surface area contributed by atoms with Crippen LogP contribution in [0.3, 0.4) is 0 Å². The van der Waals surface area contributed by atoms with Crippen LogP contribution in [0, 0.1) is 0 Å². The van der Waals surface area contributed by atoms with E-state index in [4.69, 9.17) is 0 Å². The van der Waals surface area contributed by atoms with E-state index in [1.807, 2.05) is 0 Å². The molecule has 0 radical (unpaired) electrons. The summed E-state index contributed by atoms with van der Waals surface area (Å²) in [5, 5.41) is 0. The predicted octanol–water partition coefficient (Wildman–Crippen LogP) is 2.62. The van der Waals surface area contributed by atoms with Crippen molar-refractivity contribution in [2.24, 2.45) is 0 Å². The molecule has 0 N–H and O–H groups in total. The molecule has 4 heteroatoms. The molecule has 0 amide bonds. The van der Waals surface area contributed by atoms with Gasteiger partial charge >= 0.3 is 0 Å². The first-order valence-corrected chi connectivity index (χ1v) is 6.11. The first-order chi connectivity index (χ1) is 4.68. The fraction of sp³-hybridized carbons (Fsp3) is 1.00. The van der Waals surface area contributed by atoms with Crippen LogP contribution < -0.4 is 0 Å². The highest BCUT2D eigenvalue weighted by atomic mass is 32.2. The third kappa shape index (κ3) is 4.31. The Hall–Kier alpha value is 1.40. The fourth-order valence-electron chi connectivity index (χ4n) is 0.679. The third-order valence-corrected chi connectivity index (χ3v) is 4.00. The molecule has 0 aliphatic heterocycles. The van der Waals surface area contributed by atoms with Gasteiger partial charge in [0, 0.05) is 0 Å². The van der Waals surface area contributed by atoms with Crippen molar-refractivity contribution in [3.05, 3.63) is 0 Å². The van der Waals surface area contributed by atoms with Gasteiger partial charge < -0.3 is 0 Å². The Bertz CT molecular complexity index is 77.8. The van der Waals surface area contributed by atoms with Crippen LogP contribution in [0.2, 0.25) is 0 Å². The number of thioether (sulfide) groups is 1.